The predicted molar refractivity (Wildman–Crippen MR) is 83.1 cm³/mol. The lowest BCUT2D eigenvalue weighted by Gasteiger charge is -2.17. The topological polar surface area (TPSA) is 92.9 Å². The van der Waals surface area contributed by atoms with Gasteiger partial charge < -0.3 is 14.7 Å². The molecule has 7 nitrogen and oxygen atoms in total. The minimum Gasteiger partial charge on any atom is -0.502 e. The molecule has 0 saturated carbocycles. The number of amides is 1. The molecule has 23 heavy (non-hydrogen) atoms. The van der Waals surface area contributed by atoms with E-state index in [4.69, 9.17) is 4.74 Å². The first-order chi connectivity index (χ1) is 11.0. The predicted octanol–water partition coefficient (Wildman–Crippen LogP) is 2.51. The summed E-state index contributed by atoms with van der Waals surface area (Å²) in [6.45, 7) is 0.496. The molecule has 1 amide bonds. The summed E-state index contributed by atoms with van der Waals surface area (Å²) >= 11 is 0. The van der Waals surface area contributed by atoms with E-state index in [1.54, 1.807) is 24.1 Å². The number of hydrogen-bond acceptors (Lipinski definition) is 5. The van der Waals surface area contributed by atoms with Crippen molar-refractivity contribution in [2.75, 3.05) is 18.6 Å². The van der Waals surface area contributed by atoms with Gasteiger partial charge in [-0.05, 0) is 42.3 Å². The van der Waals surface area contributed by atoms with Crippen LogP contribution in [0.25, 0.3) is 0 Å². The number of rotatable bonds is 3. The Morgan fingerprint density at radius 3 is 2.78 bits per heavy atom. The molecule has 0 saturated heterocycles. The quantitative estimate of drug-likeness (QED) is 0.694. The van der Waals surface area contributed by atoms with Crippen LogP contribution in [-0.2, 0) is 6.42 Å². The maximum absolute atomic E-state index is 12.6. The highest BCUT2D eigenvalue weighted by atomic mass is 16.6. The lowest BCUT2D eigenvalue weighted by molar-refractivity contribution is -0.385. The Morgan fingerprint density at radius 1 is 1.30 bits per heavy atom. The van der Waals surface area contributed by atoms with Crippen molar-refractivity contribution in [1.82, 2.24) is 0 Å². The van der Waals surface area contributed by atoms with Crippen LogP contribution in [-0.4, -0.2) is 29.6 Å². The number of nitro benzene ring substituents is 1. The molecule has 1 aliphatic rings. The lowest BCUT2D eigenvalue weighted by atomic mass is 10.1. The van der Waals surface area contributed by atoms with Gasteiger partial charge in [0.2, 0.25) is 0 Å². The van der Waals surface area contributed by atoms with E-state index in [0.29, 0.717) is 13.0 Å². The molecule has 1 aliphatic heterocycles. The molecule has 7 heteroatoms. The zero-order valence-electron chi connectivity index (χ0n) is 12.4. The summed E-state index contributed by atoms with van der Waals surface area (Å²) in [6, 6.07) is 9.08. The Labute approximate surface area is 131 Å². The molecular formula is C16H14N2O5. The third-order valence-corrected chi connectivity index (χ3v) is 3.85. The zero-order valence-corrected chi connectivity index (χ0v) is 12.4. The summed E-state index contributed by atoms with van der Waals surface area (Å²) in [5, 5.41) is 20.4. The van der Waals surface area contributed by atoms with Crippen LogP contribution in [0.1, 0.15) is 15.9 Å². The number of carbonyl (C=O) groups is 1. The van der Waals surface area contributed by atoms with Gasteiger partial charge in [0, 0.05) is 23.9 Å². The minimum absolute atomic E-state index is 0.165. The van der Waals surface area contributed by atoms with Crippen molar-refractivity contribution in [3.63, 3.8) is 0 Å². The molecule has 0 fully saturated rings. The van der Waals surface area contributed by atoms with E-state index in [2.05, 4.69) is 0 Å². The van der Waals surface area contributed by atoms with Gasteiger partial charge in [-0.25, -0.2) is 0 Å². The second-order valence-corrected chi connectivity index (χ2v) is 5.16. The first-order valence-corrected chi connectivity index (χ1v) is 6.97. The van der Waals surface area contributed by atoms with Crippen LogP contribution < -0.4 is 9.64 Å². The van der Waals surface area contributed by atoms with Crippen LogP contribution in [0.3, 0.4) is 0 Å². The van der Waals surface area contributed by atoms with Crippen molar-refractivity contribution in [3.8, 4) is 11.5 Å². The molecule has 0 aromatic heterocycles. The third kappa shape index (κ3) is 2.57. The van der Waals surface area contributed by atoms with E-state index >= 15 is 0 Å². The van der Waals surface area contributed by atoms with Crippen molar-refractivity contribution >= 4 is 17.3 Å². The maximum Gasteiger partial charge on any atom is 0.311 e. The number of nitro groups is 1. The van der Waals surface area contributed by atoms with Crippen molar-refractivity contribution in [1.29, 1.82) is 0 Å². The normalized spacial score (nSPS) is 12.8. The molecule has 0 atom stereocenters. The number of aromatic hydroxyl groups is 1. The van der Waals surface area contributed by atoms with E-state index in [1.807, 2.05) is 6.07 Å². The van der Waals surface area contributed by atoms with E-state index < -0.39 is 16.4 Å². The Balaban J connectivity index is 1.94. The Morgan fingerprint density at radius 2 is 2.09 bits per heavy atom. The number of carbonyl (C=O) groups excluding carboxylic acids is 1. The van der Waals surface area contributed by atoms with Gasteiger partial charge in [-0.3, -0.25) is 14.9 Å². The fourth-order valence-electron chi connectivity index (χ4n) is 2.67. The smallest absolute Gasteiger partial charge is 0.311 e. The monoisotopic (exact) mass is 314 g/mol. The molecular weight excluding hydrogens is 300 g/mol. The summed E-state index contributed by atoms with van der Waals surface area (Å²) in [6.07, 6.45) is 0.693. The Kier molecular flexibility index (Phi) is 3.61. The fraction of sp³-hybridized carbons (Fsp3) is 0.188. The highest BCUT2D eigenvalue weighted by Crippen LogP contribution is 2.33. The van der Waals surface area contributed by atoms with E-state index in [-0.39, 0.29) is 11.5 Å². The van der Waals surface area contributed by atoms with Gasteiger partial charge in [-0.15, -0.1) is 0 Å². The number of phenols is 1. The molecule has 3 rings (SSSR count). The number of methoxy groups -OCH3 is 1. The van der Waals surface area contributed by atoms with Crippen LogP contribution >= 0.6 is 0 Å². The number of anilines is 1. The molecule has 0 aliphatic carbocycles. The largest absolute Gasteiger partial charge is 0.502 e. The summed E-state index contributed by atoms with van der Waals surface area (Å²) in [5.74, 6) is -0.0755. The zero-order chi connectivity index (χ0) is 16.6. The maximum atomic E-state index is 12.6. The standard InChI is InChI=1S/C16H14N2O5/c1-23-12-3-4-13-10(8-12)6-7-17(13)16(20)11-2-5-15(19)14(9-11)18(21)22/h2-5,8-9,19H,6-7H2,1H3. The van der Waals surface area contributed by atoms with Gasteiger partial charge in [0.15, 0.2) is 5.75 Å². The molecule has 118 valence electrons. The van der Waals surface area contributed by atoms with Crippen LogP contribution in [0.5, 0.6) is 11.5 Å². The molecule has 0 bridgehead atoms. The van der Waals surface area contributed by atoms with Crippen LogP contribution in [0.15, 0.2) is 36.4 Å². The molecule has 0 radical (unpaired) electrons. The van der Waals surface area contributed by atoms with Crippen LogP contribution in [0, 0.1) is 10.1 Å². The van der Waals surface area contributed by atoms with Gasteiger partial charge in [0.1, 0.15) is 5.75 Å². The van der Waals surface area contributed by atoms with Crippen LogP contribution in [0.2, 0.25) is 0 Å². The Hall–Kier alpha value is -3.09. The van der Waals surface area contributed by atoms with Crippen molar-refractivity contribution in [2.45, 2.75) is 6.42 Å². The summed E-state index contributed by atoms with van der Waals surface area (Å²) in [5.41, 5.74) is 1.45. The highest BCUT2D eigenvalue weighted by molar-refractivity contribution is 6.07. The fourth-order valence-corrected chi connectivity index (χ4v) is 2.67. The highest BCUT2D eigenvalue weighted by Gasteiger charge is 2.27. The average molecular weight is 314 g/mol. The van der Waals surface area contributed by atoms with Gasteiger partial charge >= 0.3 is 5.69 Å². The van der Waals surface area contributed by atoms with E-state index in [9.17, 15) is 20.0 Å². The first kappa shape index (κ1) is 14.8. The summed E-state index contributed by atoms with van der Waals surface area (Å²) in [4.78, 5) is 24.4. The van der Waals surface area contributed by atoms with Gasteiger partial charge in [-0.1, -0.05) is 0 Å². The van der Waals surface area contributed by atoms with E-state index in [0.717, 1.165) is 29.1 Å². The van der Waals surface area contributed by atoms with E-state index in [1.165, 1.54) is 6.07 Å². The molecule has 1 heterocycles. The second-order valence-electron chi connectivity index (χ2n) is 5.16. The second kappa shape index (κ2) is 5.60. The van der Waals surface area contributed by atoms with Crippen molar-refractivity contribution in [2.24, 2.45) is 0 Å². The summed E-state index contributed by atoms with van der Waals surface area (Å²) < 4.78 is 5.17. The van der Waals surface area contributed by atoms with Gasteiger partial charge in [-0.2, -0.15) is 0 Å². The van der Waals surface area contributed by atoms with Crippen LogP contribution in [0.4, 0.5) is 11.4 Å². The van der Waals surface area contributed by atoms with Gasteiger partial charge in [0.25, 0.3) is 5.91 Å². The molecule has 2 aromatic carbocycles. The molecule has 2 aromatic rings. The number of fused-ring (bicyclic) bond motifs is 1. The first-order valence-electron chi connectivity index (χ1n) is 6.97. The summed E-state index contributed by atoms with van der Waals surface area (Å²) in [7, 11) is 1.58. The average Bonchev–Trinajstić information content (AvgIpc) is 2.97. The number of phenolic OH excluding ortho intramolecular Hbond substituents is 1. The Bertz CT molecular complexity index is 803. The number of nitrogens with zero attached hydrogens (tertiary/aromatic N) is 2. The number of ether oxygens (including phenoxy) is 1. The molecule has 0 spiro atoms. The molecule has 0 unspecified atom stereocenters. The number of hydrogen-bond donors (Lipinski definition) is 1. The van der Waals surface area contributed by atoms with Crippen molar-refractivity contribution < 1.29 is 19.6 Å². The third-order valence-electron chi connectivity index (χ3n) is 3.85. The SMILES string of the molecule is COc1ccc2c(c1)CCN2C(=O)c1ccc(O)c([N+](=O)[O-])c1. The van der Waals surface area contributed by atoms with Gasteiger partial charge in [0.05, 0.1) is 12.0 Å². The minimum atomic E-state index is -0.713. The number of benzene rings is 2. The lowest BCUT2D eigenvalue weighted by Crippen LogP contribution is -2.28. The molecule has 1 N–H and O–H groups in total. The van der Waals surface area contributed by atoms with Crippen molar-refractivity contribution in [3.05, 3.63) is 57.6 Å².